The van der Waals surface area contributed by atoms with Gasteiger partial charge in [0, 0.05) is 6.54 Å². The Hall–Kier alpha value is -0.750. The van der Waals surface area contributed by atoms with Crippen molar-refractivity contribution in [3.63, 3.8) is 0 Å². The molecule has 0 bridgehead atoms. The SMILES string of the molecule is FC(F)COCCn1cnnc1Cl. The molecule has 1 rings (SSSR count). The lowest BCUT2D eigenvalue weighted by Gasteiger charge is -2.03. The van der Waals surface area contributed by atoms with Gasteiger partial charge in [0.05, 0.1) is 6.61 Å². The molecule has 13 heavy (non-hydrogen) atoms. The molecule has 0 fully saturated rings. The summed E-state index contributed by atoms with van der Waals surface area (Å²) in [6.45, 7) is -0.0135. The third-order valence-electron chi connectivity index (χ3n) is 1.29. The van der Waals surface area contributed by atoms with Crippen LogP contribution >= 0.6 is 11.6 Å². The number of aromatic nitrogens is 3. The second-order valence-electron chi connectivity index (χ2n) is 2.26. The average Bonchev–Trinajstić information content (AvgIpc) is 2.45. The van der Waals surface area contributed by atoms with Gasteiger partial charge in [-0.3, -0.25) is 0 Å². The zero-order chi connectivity index (χ0) is 9.68. The Bertz CT molecular complexity index is 256. The molecule has 74 valence electrons. The molecular formula is C6H8ClF2N3O. The molecule has 0 atom stereocenters. The van der Waals surface area contributed by atoms with Gasteiger partial charge in [-0.15, -0.1) is 10.2 Å². The Balaban J connectivity index is 2.17. The summed E-state index contributed by atoms with van der Waals surface area (Å²) in [7, 11) is 0. The Kier molecular flexibility index (Phi) is 4.04. The quantitative estimate of drug-likeness (QED) is 0.688. The highest BCUT2D eigenvalue weighted by Crippen LogP contribution is 2.02. The fourth-order valence-corrected chi connectivity index (χ4v) is 0.898. The minimum absolute atomic E-state index is 0.169. The van der Waals surface area contributed by atoms with Crippen LogP contribution in [-0.4, -0.2) is 34.4 Å². The van der Waals surface area contributed by atoms with E-state index in [1.807, 2.05) is 0 Å². The molecule has 1 aromatic rings. The summed E-state index contributed by atoms with van der Waals surface area (Å²) >= 11 is 5.57. The third kappa shape index (κ3) is 3.65. The van der Waals surface area contributed by atoms with Crippen LogP contribution in [0.3, 0.4) is 0 Å². The van der Waals surface area contributed by atoms with Crippen molar-refractivity contribution in [2.45, 2.75) is 13.0 Å². The molecule has 0 saturated carbocycles. The van der Waals surface area contributed by atoms with Gasteiger partial charge in [0.1, 0.15) is 12.9 Å². The highest BCUT2D eigenvalue weighted by atomic mass is 35.5. The Labute approximate surface area is 78.5 Å². The van der Waals surface area contributed by atoms with E-state index in [1.54, 1.807) is 0 Å². The van der Waals surface area contributed by atoms with Crippen LogP contribution in [0.5, 0.6) is 0 Å². The second-order valence-corrected chi connectivity index (χ2v) is 2.60. The summed E-state index contributed by atoms with van der Waals surface area (Å²) in [4.78, 5) is 0. The van der Waals surface area contributed by atoms with E-state index < -0.39 is 13.0 Å². The van der Waals surface area contributed by atoms with Gasteiger partial charge >= 0.3 is 0 Å². The van der Waals surface area contributed by atoms with Crippen molar-refractivity contribution >= 4 is 11.6 Å². The number of ether oxygens (including phenoxy) is 1. The van der Waals surface area contributed by atoms with Crippen LogP contribution in [0.4, 0.5) is 8.78 Å². The van der Waals surface area contributed by atoms with Crippen molar-refractivity contribution in [2.24, 2.45) is 0 Å². The maximum Gasteiger partial charge on any atom is 0.261 e. The number of rotatable bonds is 5. The molecule has 4 nitrogen and oxygen atoms in total. The van der Waals surface area contributed by atoms with Crippen molar-refractivity contribution < 1.29 is 13.5 Å². The third-order valence-corrected chi connectivity index (χ3v) is 1.58. The first kappa shape index (κ1) is 10.3. The van der Waals surface area contributed by atoms with E-state index in [-0.39, 0.29) is 11.9 Å². The van der Waals surface area contributed by atoms with Gasteiger partial charge in [-0.2, -0.15) is 0 Å². The molecule has 0 aliphatic heterocycles. The van der Waals surface area contributed by atoms with Gasteiger partial charge in [-0.05, 0) is 11.6 Å². The summed E-state index contributed by atoms with van der Waals surface area (Å²) < 4.78 is 29.3. The first-order valence-corrected chi connectivity index (χ1v) is 3.97. The first-order chi connectivity index (χ1) is 6.20. The van der Waals surface area contributed by atoms with Crippen molar-refractivity contribution in [1.82, 2.24) is 14.8 Å². The lowest BCUT2D eigenvalue weighted by molar-refractivity contribution is 0.0147. The fraction of sp³-hybridized carbons (Fsp3) is 0.667. The zero-order valence-corrected chi connectivity index (χ0v) is 7.42. The lowest BCUT2D eigenvalue weighted by atomic mass is 10.6. The predicted molar refractivity (Wildman–Crippen MR) is 41.9 cm³/mol. The van der Waals surface area contributed by atoms with Crippen LogP contribution in [0.25, 0.3) is 0 Å². The smallest absolute Gasteiger partial charge is 0.261 e. The number of hydrogen-bond acceptors (Lipinski definition) is 3. The monoisotopic (exact) mass is 211 g/mol. The van der Waals surface area contributed by atoms with Crippen LogP contribution in [0.2, 0.25) is 5.28 Å². The molecule has 7 heteroatoms. The fourth-order valence-electron chi connectivity index (χ4n) is 0.726. The van der Waals surface area contributed by atoms with Gasteiger partial charge in [0.15, 0.2) is 0 Å². The predicted octanol–water partition coefficient (Wildman–Crippen LogP) is 1.21. The molecule has 0 aliphatic carbocycles. The topological polar surface area (TPSA) is 39.9 Å². The van der Waals surface area contributed by atoms with Gasteiger partial charge < -0.3 is 9.30 Å². The molecule has 1 aromatic heterocycles. The van der Waals surface area contributed by atoms with Crippen LogP contribution in [0.15, 0.2) is 6.33 Å². The van der Waals surface area contributed by atoms with Gasteiger partial charge in [-0.1, -0.05) is 0 Å². The highest BCUT2D eigenvalue weighted by Gasteiger charge is 2.03. The normalized spacial score (nSPS) is 11.1. The van der Waals surface area contributed by atoms with Crippen molar-refractivity contribution in [2.75, 3.05) is 13.2 Å². The second kappa shape index (κ2) is 5.08. The molecule has 1 heterocycles. The summed E-state index contributed by atoms with van der Waals surface area (Å²) in [5.41, 5.74) is 0. The van der Waals surface area contributed by atoms with Crippen LogP contribution in [0.1, 0.15) is 0 Å². The van der Waals surface area contributed by atoms with Crippen molar-refractivity contribution in [1.29, 1.82) is 0 Å². The number of halogens is 3. The standard InChI is InChI=1S/C6H8ClF2N3O/c7-6-11-10-4-12(6)1-2-13-3-5(8)9/h4-5H,1-3H2. The van der Waals surface area contributed by atoms with E-state index in [0.717, 1.165) is 0 Å². The number of hydrogen-bond donors (Lipinski definition) is 0. The molecule has 0 unspecified atom stereocenters. The minimum atomic E-state index is -2.43. The van der Waals surface area contributed by atoms with Crippen molar-refractivity contribution in [3.8, 4) is 0 Å². The van der Waals surface area contributed by atoms with E-state index in [1.165, 1.54) is 10.9 Å². The van der Waals surface area contributed by atoms with Crippen molar-refractivity contribution in [3.05, 3.63) is 11.6 Å². The molecule has 0 aromatic carbocycles. The molecule has 0 saturated heterocycles. The van der Waals surface area contributed by atoms with Crippen LogP contribution < -0.4 is 0 Å². The highest BCUT2D eigenvalue weighted by molar-refractivity contribution is 6.28. The average molecular weight is 212 g/mol. The van der Waals surface area contributed by atoms with E-state index in [9.17, 15) is 8.78 Å². The van der Waals surface area contributed by atoms with Crippen LogP contribution in [-0.2, 0) is 11.3 Å². The Morgan fingerprint density at radius 2 is 2.38 bits per heavy atom. The van der Waals surface area contributed by atoms with E-state index >= 15 is 0 Å². The van der Waals surface area contributed by atoms with Gasteiger partial charge in [-0.25, -0.2) is 8.78 Å². The summed E-state index contributed by atoms with van der Waals surface area (Å²) in [6.07, 6.45) is -1.02. The Morgan fingerprint density at radius 1 is 1.62 bits per heavy atom. The molecular weight excluding hydrogens is 204 g/mol. The number of alkyl halides is 2. The minimum Gasteiger partial charge on any atom is -0.374 e. The van der Waals surface area contributed by atoms with E-state index in [4.69, 9.17) is 11.6 Å². The maximum atomic E-state index is 11.6. The summed E-state index contributed by atoms with van der Waals surface area (Å²) in [6, 6.07) is 0. The van der Waals surface area contributed by atoms with Crippen LogP contribution in [0, 0.1) is 0 Å². The Morgan fingerprint density at radius 3 is 2.92 bits per heavy atom. The molecule has 0 radical (unpaired) electrons. The maximum absolute atomic E-state index is 11.6. The van der Waals surface area contributed by atoms with Gasteiger partial charge in [0.25, 0.3) is 6.43 Å². The zero-order valence-electron chi connectivity index (χ0n) is 6.66. The summed E-state index contributed by atoms with van der Waals surface area (Å²) in [5, 5.41) is 7.24. The lowest BCUT2D eigenvalue weighted by Crippen LogP contribution is -2.10. The largest absolute Gasteiger partial charge is 0.374 e. The molecule has 0 amide bonds. The van der Waals surface area contributed by atoms with E-state index in [0.29, 0.717) is 6.54 Å². The number of nitrogens with zero attached hydrogens (tertiary/aromatic N) is 3. The molecule has 0 aliphatic rings. The van der Waals surface area contributed by atoms with Gasteiger partial charge in [0.2, 0.25) is 5.28 Å². The molecule has 0 spiro atoms. The van der Waals surface area contributed by atoms with E-state index in [2.05, 4.69) is 14.9 Å². The molecule has 0 N–H and O–H groups in total. The summed E-state index contributed by atoms with van der Waals surface area (Å²) in [5.74, 6) is 0. The first-order valence-electron chi connectivity index (χ1n) is 3.59.